The predicted octanol–water partition coefficient (Wildman–Crippen LogP) is 2.17. The van der Waals surface area contributed by atoms with Crippen LogP contribution in [0.1, 0.15) is 47.0 Å². The fourth-order valence-corrected chi connectivity index (χ4v) is 4.36. The van der Waals surface area contributed by atoms with E-state index in [4.69, 9.17) is 10.5 Å². The minimum atomic E-state index is -0.335. The molecule has 18 heavy (non-hydrogen) atoms. The standard InChI is InChI=1S/C15H29NO2/c1-9(2)13(10(3)4)14(17)15(8-16)7-11-5-6-12(15)18-11/h9-14,17H,5-8,16H2,1-4H3. The van der Waals surface area contributed by atoms with Gasteiger partial charge in [-0.15, -0.1) is 0 Å². The maximum Gasteiger partial charge on any atom is 0.0674 e. The van der Waals surface area contributed by atoms with Gasteiger partial charge < -0.3 is 15.6 Å². The maximum absolute atomic E-state index is 11.0. The van der Waals surface area contributed by atoms with Crippen LogP contribution < -0.4 is 5.73 Å². The van der Waals surface area contributed by atoms with Crippen molar-refractivity contribution < 1.29 is 9.84 Å². The molecule has 2 aliphatic heterocycles. The van der Waals surface area contributed by atoms with E-state index in [0.29, 0.717) is 30.4 Å². The summed E-state index contributed by atoms with van der Waals surface area (Å²) in [7, 11) is 0. The van der Waals surface area contributed by atoms with E-state index in [0.717, 1.165) is 19.3 Å². The lowest BCUT2D eigenvalue weighted by molar-refractivity contribution is -0.0775. The molecule has 106 valence electrons. The molecule has 0 amide bonds. The van der Waals surface area contributed by atoms with E-state index in [9.17, 15) is 5.11 Å². The molecule has 2 saturated heterocycles. The summed E-state index contributed by atoms with van der Waals surface area (Å²) in [6.07, 6.45) is 3.36. The molecule has 3 N–H and O–H groups in total. The molecule has 3 nitrogen and oxygen atoms in total. The van der Waals surface area contributed by atoms with Gasteiger partial charge in [0, 0.05) is 12.0 Å². The van der Waals surface area contributed by atoms with Crippen LogP contribution >= 0.6 is 0 Å². The molecule has 4 atom stereocenters. The molecule has 0 radical (unpaired) electrons. The summed E-state index contributed by atoms with van der Waals surface area (Å²) >= 11 is 0. The summed E-state index contributed by atoms with van der Waals surface area (Å²) in [5.74, 6) is 1.25. The zero-order valence-corrected chi connectivity index (χ0v) is 12.2. The van der Waals surface area contributed by atoms with Crippen molar-refractivity contribution >= 4 is 0 Å². The van der Waals surface area contributed by atoms with Crippen molar-refractivity contribution in [2.24, 2.45) is 28.9 Å². The van der Waals surface area contributed by atoms with Crippen molar-refractivity contribution in [3.63, 3.8) is 0 Å². The molecular formula is C15H29NO2. The van der Waals surface area contributed by atoms with Crippen LogP contribution in [0.3, 0.4) is 0 Å². The Morgan fingerprint density at radius 1 is 1.22 bits per heavy atom. The fraction of sp³-hybridized carbons (Fsp3) is 1.00. The third-order valence-corrected chi connectivity index (χ3v) is 5.23. The molecule has 0 aromatic carbocycles. The zero-order valence-electron chi connectivity index (χ0n) is 12.2. The Morgan fingerprint density at radius 3 is 2.17 bits per heavy atom. The largest absolute Gasteiger partial charge is 0.392 e. The third kappa shape index (κ3) is 2.10. The second-order valence-electron chi connectivity index (χ2n) is 6.98. The van der Waals surface area contributed by atoms with Crippen molar-refractivity contribution in [3.05, 3.63) is 0 Å². The van der Waals surface area contributed by atoms with Crippen LogP contribution in [-0.4, -0.2) is 30.0 Å². The first kappa shape index (κ1) is 14.3. The van der Waals surface area contributed by atoms with Crippen molar-refractivity contribution in [3.8, 4) is 0 Å². The Labute approximate surface area is 111 Å². The molecule has 0 aliphatic carbocycles. The van der Waals surface area contributed by atoms with Crippen LogP contribution in [0.25, 0.3) is 0 Å². The van der Waals surface area contributed by atoms with Gasteiger partial charge in [-0.1, -0.05) is 27.7 Å². The van der Waals surface area contributed by atoms with Gasteiger partial charge in [0.2, 0.25) is 0 Å². The first-order chi connectivity index (χ1) is 8.42. The molecule has 0 aromatic rings. The van der Waals surface area contributed by atoms with E-state index in [1.165, 1.54) is 0 Å². The lowest BCUT2D eigenvalue weighted by Gasteiger charge is -2.44. The molecule has 2 rings (SSSR count). The number of hydrogen-bond acceptors (Lipinski definition) is 3. The molecule has 2 fully saturated rings. The fourth-order valence-electron chi connectivity index (χ4n) is 4.36. The van der Waals surface area contributed by atoms with Gasteiger partial charge in [-0.05, 0) is 37.0 Å². The Hall–Kier alpha value is -0.120. The van der Waals surface area contributed by atoms with E-state index in [1.54, 1.807) is 0 Å². The van der Waals surface area contributed by atoms with Crippen LogP contribution in [0.2, 0.25) is 0 Å². The van der Waals surface area contributed by atoms with Gasteiger partial charge in [0.05, 0.1) is 18.3 Å². The highest BCUT2D eigenvalue weighted by Crippen LogP contribution is 2.52. The van der Waals surface area contributed by atoms with Gasteiger partial charge in [0.25, 0.3) is 0 Å². The van der Waals surface area contributed by atoms with E-state index < -0.39 is 0 Å². The van der Waals surface area contributed by atoms with Gasteiger partial charge >= 0.3 is 0 Å². The number of fused-ring (bicyclic) bond motifs is 2. The molecule has 3 heteroatoms. The lowest BCUT2D eigenvalue weighted by Crippen LogP contribution is -2.53. The van der Waals surface area contributed by atoms with Gasteiger partial charge in [0.1, 0.15) is 0 Å². The van der Waals surface area contributed by atoms with Gasteiger partial charge in [-0.25, -0.2) is 0 Å². The van der Waals surface area contributed by atoms with Gasteiger partial charge in [0.15, 0.2) is 0 Å². The topological polar surface area (TPSA) is 55.5 Å². The van der Waals surface area contributed by atoms with E-state index >= 15 is 0 Å². The Balaban J connectivity index is 2.22. The second-order valence-corrected chi connectivity index (χ2v) is 6.98. The predicted molar refractivity (Wildman–Crippen MR) is 73.2 cm³/mol. The highest BCUT2D eigenvalue weighted by atomic mass is 16.5. The van der Waals surface area contributed by atoms with Crippen molar-refractivity contribution in [2.45, 2.75) is 65.3 Å². The van der Waals surface area contributed by atoms with Crippen molar-refractivity contribution in [1.29, 1.82) is 0 Å². The average molecular weight is 255 g/mol. The van der Waals surface area contributed by atoms with E-state index in [-0.39, 0.29) is 17.6 Å². The molecular weight excluding hydrogens is 226 g/mol. The summed E-state index contributed by atoms with van der Waals surface area (Å²) in [6, 6.07) is 0. The number of aliphatic hydroxyl groups is 1. The first-order valence-corrected chi connectivity index (χ1v) is 7.46. The molecule has 4 unspecified atom stereocenters. The van der Waals surface area contributed by atoms with Gasteiger partial charge in [-0.2, -0.15) is 0 Å². The lowest BCUT2D eigenvalue weighted by atomic mass is 9.63. The van der Waals surface area contributed by atoms with Crippen molar-refractivity contribution in [1.82, 2.24) is 0 Å². The molecule has 2 aliphatic rings. The SMILES string of the molecule is CC(C)C(C(C)C)C(O)C1(CN)CC2CCC1O2. The zero-order chi connectivity index (χ0) is 13.5. The number of aliphatic hydroxyl groups excluding tert-OH is 1. The first-order valence-electron chi connectivity index (χ1n) is 7.46. The summed E-state index contributed by atoms with van der Waals surface area (Å²) < 4.78 is 5.97. The number of ether oxygens (including phenoxy) is 1. The Morgan fingerprint density at radius 2 is 1.83 bits per heavy atom. The highest BCUT2D eigenvalue weighted by molar-refractivity contribution is 5.06. The van der Waals surface area contributed by atoms with Crippen LogP contribution in [-0.2, 0) is 4.74 Å². The molecule has 0 spiro atoms. The van der Waals surface area contributed by atoms with E-state index in [1.807, 2.05) is 0 Å². The highest BCUT2D eigenvalue weighted by Gasteiger charge is 2.57. The molecule has 2 bridgehead atoms. The van der Waals surface area contributed by atoms with Crippen LogP contribution in [0.5, 0.6) is 0 Å². The summed E-state index contributed by atoms with van der Waals surface area (Å²) in [6.45, 7) is 9.35. The van der Waals surface area contributed by atoms with E-state index in [2.05, 4.69) is 27.7 Å². The van der Waals surface area contributed by atoms with Gasteiger partial charge in [-0.3, -0.25) is 0 Å². The number of rotatable bonds is 5. The second kappa shape index (κ2) is 5.10. The number of hydrogen-bond donors (Lipinski definition) is 2. The Kier molecular flexibility index (Phi) is 4.05. The number of nitrogens with two attached hydrogens (primary N) is 1. The van der Waals surface area contributed by atoms with Crippen molar-refractivity contribution in [2.75, 3.05) is 6.54 Å². The molecule has 0 aromatic heterocycles. The summed E-state index contributed by atoms with van der Waals surface area (Å²) in [4.78, 5) is 0. The van der Waals surface area contributed by atoms with Crippen LogP contribution in [0.15, 0.2) is 0 Å². The summed E-state index contributed by atoms with van der Waals surface area (Å²) in [5.41, 5.74) is 5.86. The quantitative estimate of drug-likeness (QED) is 0.791. The Bertz CT molecular complexity index is 284. The minimum absolute atomic E-state index is 0.183. The third-order valence-electron chi connectivity index (χ3n) is 5.23. The monoisotopic (exact) mass is 255 g/mol. The average Bonchev–Trinajstić information content (AvgIpc) is 2.87. The molecule has 2 heterocycles. The summed E-state index contributed by atoms with van der Waals surface area (Å²) in [5, 5.41) is 11.0. The van der Waals surface area contributed by atoms with Crippen LogP contribution in [0.4, 0.5) is 0 Å². The minimum Gasteiger partial charge on any atom is -0.392 e. The normalized spacial score (nSPS) is 37.2. The maximum atomic E-state index is 11.0. The van der Waals surface area contributed by atoms with Crippen LogP contribution in [0, 0.1) is 23.2 Å². The smallest absolute Gasteiger partial charge is 0.0674 e. The molecule has 0 saturated carbocycles.